The van der Waals surface area contributed by atoms with Gasteiger partial charge in [-0.2, -0.15) is 5.26 Å². The van der Waals surface area contributed by atoms with Crippen LogP contribution in [-0.2, 0) is 11.3 Å². The van der Waals surface area contributed by atoms with Gasteiger partial charge in [0.2, 0.25) is 5.91 Å². The van der Waals surface area contributed by atoms with E-state index in [0.29, 0.717) is 22.4 Å². The van der Waals surface area contributed by atoms with Gasteiger partial charge in [-0.25, -0.2) is 0 Å². The molecule has 3 rings (SSSR count). The molecule has 2 aromatic carbocycles. The molecule has 7 nitrogen and oxygen atoms in total. The van der Waals surface area contributed by atoms with Crippen molar-refractivity contribution in [3.8, 4) is 17.6 Å². The summed E-state index contributed by atoms with van der Waals surface area (Å²) in [6.07, 6.45) is -4.74. The largest absolute Gasteiger partial charge is 0.573 e. The molecule has 0 fully saturated rings. The van der Waals surface area contributed by atoms with E-state index < -0.39 is 18.3 Å². The average molecular weight is 433 g/mol. The van der Waals surface area contributed by atoms with Crippen LogP contribution in [0.1, 0.15) is 33.9 Å². The van der Waals surface area contributed by atoms with Crippen molar-refractivity contribution in [1.29, 1.82) is 5.26 Å². The maximum atomic E-state index is 13.0. The first-order chi connectivity index (χ1) is 14.7. The number of halogens is 3. The Labute approximate surface area is 176 Å². The van der Waals surface area contributed by atoms with Crippen LogP contribution < -0.4 is 14.8 Å². The van der Waals surface area contributed by atoms with Crippen molar-refractivity contribution < 1.29 is 32.2 Å². The zero-order valence-electron chi connectivity index (χ0n) is 16.4. The van der Waals surface area contributed by atoms with Crippen LogP contribution in [0.2, 0.25) is 0 Å². The molecule has 1 atom stereocenters. The Balaban J connectivity index is 1.78. The number of nitriles is 1. The van der Waals surface area contributed by atoms with Gasteiger partial charge in [0.25, 0.3) is 5.91 Å². The van der Waals surface area contributed by atoms with Crippen LogP contribution in [0, 0.1) is 11.3 Å². The Bertz CT molecular complexity index is 1020. The molecule has 10 heteroatoms. The number of rotatable bonds is 7. The van der Waals surface area contributed by atoms with E-state index in [2.05, 4.69) is 10.1 Å². The lowest BCUT2D eigenvalue weighted by Crippen LogP contribution is -2.39. The van der Waals surface area contributed by atoms with Crippen LogP contribution in [0.15, 0.2) is 42.5 Å². The van der Waals surface area contributed by atoms with Crippen molar-refractivity contribution in [3.63, 3.8) is 0 Å². The third-order valence-electron chi connectivity index (χ3n) is 4.70. The van der Waals surface area contributed by atoms with E-state index >= 15 is 0 Å². The van der Waals surface area contributed by atoms with E-state index in [1.165, 1.54) is 24.1 Å². The van der Waals surface area contributed by atoms with Crippen molar-refractivity contribution in [2.24, 2.45) is 0 Å². The highest BCUT2D eigenvalue weighted by atomic mass is 19.4. The number of carbonyl (C=O) groups is 2. The first-order valence-electron chi connectivity index (χ1n) is 9.22. The van der Waals surface area contributed by atoms with Crippen LogP contribution in [0.25, 0.3) is 0 Å². The molecule has 162 valence electrons. The van der Waals surface area contributed by atoms with Gasteiger partial charge < -0.3 is 19.7 Å². The summed E-state index contributed by atoms with van der Waals surface area (Å²) in [5, 5.41) is 11.6. The highest BCUT2D eigenvalue weighted by Gasteiger charge is 2.42. The minimum absolute atomic E-state index is 0.0202. The Morgan fingerprint density at radius 2 is 1.94 bits per heavy atom. The molecule has 31 heavy (non-hydrogen) atoms. The number of ether oxygens (including phenoxy) is 2. The molecule has 0 bridgehead atoms. The summed E-state index contributed by atoms with van der Waals surface area (Å²) < 4.78 is 45.9. The van der Waals surface area contributed by atoms with Crippen LogP contribution in [0.5, 0.6) is 11.5 Å². The summed E-state index contributed by atoms with van der Waals surface area (Å²) >= 11 is 0. The van der Waals surface area contributed by atoms with E-state index in [-0.39, 0.29) is 31.2 Å². The number of benzene rings is 2. The van der Waals surface area contributed by atoms with Gasteiger partial charge in [-0.15, -0.1) is 13.2 Å². The second-order valence-corrected chi connectivity index (χ2v) is 6.64. The van der Waals surface area contributed by atoms with Crippen molar-refractivity contribution in [2.75, 3.05) is 13.7 Å². The van der Waals surface area contributed by atoms with E-state index in [0.717, 1.165) is 12.1 Å². The number of alkyl halides is 3. The smallest absolute Gasteiger partial charge is 0.496 e. The zero-order valence-corrected chi connectivity index (χ0v) is 16.4. The highest BCUT2D eigenvalue weighted by Crippen LogP contribution is 2.40. The van der Waals surface area contributed by atoms with Gasteiger partial charge in [-0.1, -0.05) is 18.2 Å². The first-order valence-corrected chi connectivity index (χ1v) is 9.22. The summed E-state index contributed by atoms with van der Waals surface area (Å²) in [4.78, 5) is 27.1. The van der Waals surface area contributed by atoms with E-state index in [4.69, 9.17) is 10.00 Å². The molecule has 1 aliphatic rings. The van der Waals surface area contributed by atoms with Crippen molar-refractivity contribution in [1.82, 2.24) is 10.2 Å². The number of carbonyl (C=O) groups excluding carboxylic acids is 2. The summed E-state index contributed by atoms with van der Waals surface area (Å²) in [5.74, 6) is -0.868. The number of nitrogens with zero attached hydrogens (tertiary/aromatic N) is 2. The number of nitrogens with one attached hydrogen (secondary N) is 1. The molecule has 0 aliphatic carbocycles. The van der Waals surface area contributed by atoms with Gasteiger partial charge in [-0.3, -0.25) is 9.59 Å². The minimum atomic E-state index is -4.79. The third kappa shape index (κ3) is 4.88. The second kappa shape index (κ2) is 8.95. The maximum Gasteiger partial charge on any atom is 0.573 e. The monoisotopic (exact) mass is 433 g/mol. The van der Waals surface area contributed by atoms with Crippen molar-refractivity contribution >= 4 is 11.8 Å². The lowest BCUT2D eigenvalue weighted by atomic mass is 10.0. The van der Waals surface area contributed by atoms with E-state index in [1.807, 2.05) is 6.07 Å². The summed E-state index contributed by atoms with van der Waals surface area (Å²) in [5.41, 5.74) is 1.28. The zero-order chi connectivity index (χ0) is 22.6. The molecule has 0 saturated heterocycles. The van der Waals surface area contributed by atoms with Crippen molar-refractivity contribution in [2.45, 2.75) is 25.4 Å². The number of amides is 2. The van der Waals surface area contributed by atoms with Crippen LogP contribution in [-0.4, -0.2) is 36.7 Å². The highest BCUT2D eigenvalue weighted by molar-refractivity contribution is 6.05. The molecule has 1 heterocycles. The SMILES string of the molecule is COc1cccc2c1C(C(=O)NCc1ccc(OC(F)(F)F)cc1)N(CCC#N)C2=O. The Kier molecular flexibility index (Phi) is 6.34. The fraction of sp³-hybridized carbons (Fsp3) is 0.286. The second-order valence-electron chi connectivity index (χ2n) is 6.64. The normalized spacial score (nSPS) is 15.3. The molecule has 0 spiro atoms. The number of hydrogen-bond acceptors (Lipinski definition) is 5. The van der Waals surface area contributed by atoms with Crippen LogP contribution in [0.3, 0.4) is 0 Å². The fourth-order valence-electron chi connectivity index (χ4n) is 3.39. The predicted octanol–water partition coefficient (Wildman–Crippen LogP) is 3.32. The Hall–Kier alpha value is -3.74. The molecular weight excluding hydrogens is 415 g/mol. The molecule has 1 unspecified atom stereocenters. The molecule has 0 saturated carbocycles. The summed E-state index contributed by atoms with van der Waals surface area (Å²) in [7, 11) is 1.43. The van der Waals surface area contributed by atoms with Gasteiger partial charge in [0, 0.05) is 24.2 Å². The van der Waals surface area contributed by atoms with Gasteiger partial charge in [-0.05, 0) is 29.8 Å². The topological polar surface area (TPSA) is 91.7 Å². The average Bonchev–Trinajstić information content (AvgIpc) is 3.02. The van der Waals surface area contributed by atoms with Crippen molar-refractivity contribution in [3.05, 3.63) is 59.2 Å². The van der Waals surface area contributed by atoms with Gasteiger partial charge >= 0.3 is 6.36 Å². The van der Waals surface area contributed by atoms with Gasteiger partial charge in [0.05, 0.1) is 19.6 Å². The third-order valence-corrected chi connectivity index (χ3v) is 4.70. The fourth-order valence-corrected chi connectivity index (χ4v) is 3.39. The standard InChI is InChI=1S/C21H18F3N3O4/c1-30-16-5-2-4-15-17(16)18(27(20(15)29)11-3-10-25)19(28)26-12-13-6-8-14(9-7-13)31-21(22,23)24/h2,4-9,18H,3,11-12H2,1H3,(H,26,28). The lowest BCUT2D eigenvalue weighted by molar-refractivity contribution is -0.274. The Morgan fingerprint density at radius 3 is 2.55 bits per heavy atom. The minimum Gasteiger partial charge on any atom is -0.496 e. The molecule has 0 aromatic heterocycles. The predicted molar refractivity (Wildman–Crippen MR) is 102 cm³/mol. The maximum absolute atomic E-state index is 13.0. The number of hydrogen-bond donors (Lipinski definition) is 1. The number of methoxy groups -OCH3 is 1. The van der Waals surface area contributed by atoms with Crippen LogP contribution >= 0.6 is 0 Å². The number of fused-ring (bicyclic) bond motifs is 1. The molecule has 2 amide bonds. The Morgan fingerprint density at radius 1 is 1.23 bits per heavy atom. The van der Waals surface area contributed by atoms with E-state index in [1.54, 1.807) is 18.2 Å². The van der Waals surface area contributed by atoms with E-state index in [9.17, 15) is 22.8 Å². The lowest BCUT2D eigenvalue weighted by Gasteiger charge is -2.24. The molecule has 2 aromatic rings. The molecule has 1 aliphatic heterocycles. The molecule has 0 radical (unpaired) electrons. The molecular formula is C21H18F3N3O4. The van der Waals surface area contributed by atoms with Gasteiger partial charge in [0.1, 0.15) is 17.5 Å². The molecule has 1 N–H and O–H groups in total. The summed E-state index contributed by atoms with van der Waals surface area (Å²) in [6.45, 7) is 0.0845. The quantitative estimate of drug-likeness (QED) is 0.723. The first kappa shape index (κ1) is 22.0. The summed E-state index contributed by atoms with van der Waals surface area (Å²) in [6, 6.07) is 10.9. The van der Waals surface area contributed by atoms with Crippen LogP contribution in [0.4, 0.5) is 13.2 Å². The van der Waals surface area contributed by atoms with Gasteiger partial charge in [0.15, 0.2) is 0 Å².